The van der Waals surface area contributed by atoms with E-state index < -0.39 is 0 Å². The summed E-state index contributed by atoms with van der Waals surface area (Å²) in [4.78, 5) is 13.8. The van der Waals surface area contributed by atoms with Crippen LogP contribution in [0, 0.1) is 0 Å². The molecule has 168 valence electrons. The maximum absolute atomic E-state index is 13.8. The Balaban J connectivity index is 1.62. The lowest BCUT2D eigenvalue weighted by molar-refractivity contribution is 0.102. The third-order valence-corrected chi connectivity index (χ3v) is 6.84. The zero-order chi connectivity index (χ0) is 23.1. The quantitative estimate of drug-likeness (QED) is 0.296. The summed E-state index contributed by atoms with van der Waals surface area (Å²) < 4.78 is 4.47. The summed E-state index contributed by atoms with van der Waals surface area (Å²) in [5, 5.41) is 3.84. The summed E-state index contributed by atoms with van der Waals surface area (Å²) in [6.07, 6.45) is 5.23. The van der Waals surface area contributed by atoms with Gasteiger partial charge in [0.2, 0.25) is 0 Å². The fourth-order valence-corrected chi connectivity index (χ4v) is 5.21. The van der Waals surface area contributed by atoms with Gasteiger partial charge >= 0.3 is 0 Å². The number of imidazole rings is 1. The molecule has 3 heterocycles. The van der Waals surface area contributed by atoms with Crippen LogP contribution in [0.4, 0.5) is 5.69 Å². The number of hydrogen-bond acceptors (Lipinski definition) is 1. The van der Waals surface area contributed by atoms with Gasteiger partial charge in [0.05, 0.1) is 5.69 Å². The highest BCUT2D eigenvalue weighted by Gasteiger charge is 2.29. The summed E-state index contributed by atoms with van der Waals surface area (Å²) in [6, 6.07) is 27.9. The van der Waals surface area contributed by atoms with E-state index in [2.05, 4.69) is 32.6 Å². The van der Waals surface area contributed by atoms with Crippen molar-refractivity contribution < 1.29 is 4.79 Å². The van der Waals surface area contributed by atoms with Gasteiger partial charge in [-0.2, -0.15) is 0 Å². The van der Waals surface area contributed by atoms with Crippen LogP contribution in [0.3, 0.4) is 0 Å². The zero-order valence-electron chi connectivity index (χ0n) is 18.7. The summed E-state index contributed by atoms with van der Waals surface area (Å²) in [7, 11) is 0. The van der Waals surface area contributed by atoms with Gasteiger partial charge in [-0.3, -0.25) is 9.20 Å². The molecule has 0 bridgehead atoms. The Labute approximate surface area is 203 Å². The SMILES string of the molecule is O=C(Nc1ccccc1)c1c(-c2ccccc2)c2c3n(c(-c4ccc(Cl)cc4)cn13)CCCC2. The van der Waals surface area contributed by atoms with Crippen molar-refractivity contribution in [2.24, 2.45) is 0 Å². The minimum absolute atomic E-state index is 0.105. The standard InChI is InChI=1S/C29H24ClN3O/c30-22-16-14-20(15-17-22)25-19-33-27(28(34)31-23-11-5-2-6-12-23)26(21-9-3-1-4-10-21)24-13-7-8-18-32(25)29(24)33/h1-6,9-12,14-17,19H,7-8,13,18H2,(H,31,34). The molecule has 0 fully saturated rings. The molecule has 3 aromatic carbocycles. The molecule has 5 heteroatoms. The molecule has 0 unspecified atom stereocenters. The predicted octanol–water partition coefficient (Wildman–Crippen LogP) is 7.32. The van der Waals surface area contributed by atoms with Crippen molar-refractivity contribution >= 4 is 28.8 Å². The van der Waals surface area contributed by atoms with Gasteiger partial charge in [-0.15, -0.1) is 0 Å². The molecule has 1 aliphatic heterocycles. The molecule has 34 heavy (non-hydrogen) atoms. The Kier molecular flexibility index (Phi) is 5.23. The van der Waals surface area contributed by atoms with Crippen LogP contribution in [0.2, 0.25) is 5.02 Å². The number of nitrogens with zero attached hydrogens (tertiary/aromatic N) is 2. The molecule has 4 nitrogen and oxygen atoms in total. The molecule has 6 rings (SSSR count). The first-order valence-corrected chi connectivity index (χ1v) is 12.0. The van der Waals surface area contributed by atoms with E-state index in [9.17, 15) is 4.79 Å². The number of anilines is 1. The molecule has 2 aromatic heterocycles. The van der Waals surface area contributed by atoms with Crippen molar-refractivity contribution in [2.75, 3.05) is 5.32 Å². The zero-order valence-corrected chi connectivity index (χ0v) is 19.4. The number of para-hydroxylation sites is 1. The van der Waals surface area contributed by atoms with Crippen LogP contribution in [0.1, 0.15) is 28.9 Å². The van der Waals surface area contributed by atoms with Crippen LogP contribution in [-0.4, -0.2) is 14.9 Å². The maximum atomic E-state index is 13.8. The molecular weight excluding hydrogens is 442 g/mol. The Morgan fingerprint density at radius 3 is 2.26 bits per heavy atom. The normalized spacial score (nSPS) is 13.1. The van der Waals surface area contributed by atoms with Gasteiger partial charge in [0.1, 0.15) is 11.3 Å². The molecule has 0 aliphatic carbocycles. The molecule has 1 N–H and O–H groups in total. The lowest BCUT2D eigenvalue weighted by Crippen LogP contribution is -2.15. The van der Waals surface area contributed by atoms with E-state index in [1.54, 1.807) is 0 Å². The van der Waals surface area contributed by atoms with Gasteiger partial charge < -0.3 is 9.88 Å². The van der Waals surface area contributed by atoms with Crippen LogP contribution >= 0.6 is 11.6 Å². The van der Waals surface area contributed by atoms with Gasteiger partial charge in [-0.05, 0) is 54.7 Å². The summed E-state index contributed by atoms with van der Waals surface area (Å²) in [6.45, 7) is 0.916. The number of amides is 1. The molecule has 0 atom stereocenters. The van der Waals surface area contributed by atoms with Crippen LogP contribution in [0.25, 0.3) is 28.0 Å². The summed E-state index contributed by atoms with van der Waals surface area (Å²) in [5.74, 6) is -0.105. The first-order chi connectivity index (χ1) is 16.7. The van der Waals surface area contributed by atoms with Crippen molar-refractivity contribution in [1.29, 1.82) is 0 Å². The van der Waals surface area contributed by atoms with E-state index in [4.69, 9.17) is 11.6 Å². The molecule has 0 radical (unpaired) electrons. The van der Waals surface area contributed by atoms with E-state index in [-0.39, 0.29) is 5.91 Å². The molecule has 0 saturated heterocycles. The van der Waals surface area contributed by atoms with Crippen molar-refractivity contribution in [3.05, 3.63) is 107 Å². The van der Waals surface area contributed by atoms with E-state index in [1.807, 2.05) is 72.8 Å². The molecular formula is C29H24ClN3O. The second-order valence-electron chi connectivity index (χ2n) is 8.71. The number of aromatic nitrogens is 2. The molecule has 5 aromatic rings. The number of rotatable bonds is 4. The average molecular weight is 466 g/mol. The topological polar surface area (TPSA) is 38.4 Å². The number of carbonyl (C=O) groups is 1. The number of nitrogens with one attached hydrogen (secondary N) is 1. The maximum Gasteiger partial charge on any atom is 0.273 e. The van der Waals surface area contributed by atoms with Crippen LogP contribution in [0.15, 0.2) is 91.1 Å². The highest BCUT2D eigenvalue weighted by Crippen LogP contribution is 2.39. The van der Waals surface area contributed by atoms with Gasteiger partial charge in [-0.1, -0.05) is 72.3 Å². The van der Waals surface area contributed by atoms with Crippen LogP contribution < -0.4 is 5.32 Å². The van der Waals surface area contributed by atoms with Gasteiger partial charge in [0.25, 0.3) is 5.91 Å². The minimum atomic E-state index is -0.105. The highest BCUT2D eigenvalue weighted by molar-refractivity contribution is 6.30. The van der Waals surface area contributed by atoms with Gasteiger partial charge in [0, 0.05) is 34.6 Å². The van der Waals surface area contributed by atoms with Crippen molar-refractivity contribution in [3.63, 3.8) is 0 Å². The fraction of sp³-hybridized carbons (Fsp3) is 0.138. The number of halogens is 1. The smallest absolute Gasteiger partial charge is 0.273 e. The Hall–Kier alpha value is -3.76. The predicted molar refractivity (Wildman–Crippen MR) is 139 cm³/mol. The lowest BCUT2D eigenvalue weighted by Gasteiger charge is -2.10. The van der Waals surface area contributed by atoms with E-state index >= 15 is 0 Å². The molecule has 1 aliphatic rings. The third-order valence-electron chi connectivity index (χ3n) is 6.58. The second-order valence-corrected chi connectivity index (χ2v) is 9.15. The van der Waals surface area contributed by atoms with E-state index in [0.717, 1.165) is 59.5 Å². The number of carbonyl (C=O) groups excluding carboxylic acids is 1. The average Bonchev–Trinajstić information content (AvgIpc) is 3.28. The Morgan fingerprint density at radius 1 is 0.824 bits per heavy atom. The largest absolute Gasteiger partial charge is 0.325 e. The molecule has 1 amide bonds. The van der Waals surface area contributed by atoms with Crippen molar-refractivity contribution in [2.45, 2.75) is 25.8 Å². The van der Waals surface area contributed by atoms with E-state index in [0.29, 0.717) is 10.7 Å². The number of aryl methyl sites for hydroxylation is 2. The summed E-state index contributed by atoms with van der Waals surface area (Å²) >= 11 is 6.16. The van der Waals surface area contributed by atoms with E-state index in [1.165, 1.54) is 5.56 Å². The first kappa shape index (κ1) is 20.8. The van der Waals surface area contributed by atoms with Crippen molar-refractivity contribution in [1.82, 2.24) is 8.97 Å². The highest BCUT2D eigenvalue weighted by atomic mass is 35.5. The van der Waals surface area contributed by atoms with Crippen molar-refractivity contribution in [3.8, 4) is 22.4 Å². The van der Waals surface area contributed by atoms with Gasteiger partial charge in [-0.25, -0.2) is 0 Å². The fourth-order valence-electron chi connectivity index (χ4n) is 5.09. The Bertz CT molecular complexity index is 1480. The number of hydrogen-bond donors (Lipinski definition) is 1. The first-order valence-electron chi connectivity index (χ1n) is 11.6. The molecule has 0 spiro atoms. The Morgan fingerprint density at radius 2 is 1.53 bits per heavy atom. The van der Waals surface area contributed by atoms with Crippen LogP contribution in [-0.2, 0) is 13.0 Å². The van der Waals surface area contributed by atoms with Gasteiger partial charge in [0.15, 0.2) is 0 Å². The molecule has 0 saturated carbocycles. The summed E-state index contributed by atoms with van der Waals surface area (Å²) in [5.41, 5.74) is 8.10. The minimum Gasteiger partial charge on any atom is -0.325 e. The second kappa shape index (κ2) is 8.54. The number of benzene rings is 3. The third kappa shape index (κ3) is 3.51. The lowest BCUT2D eigenvalue weighted by atomic mass is 9.98. The van der Waals surface area contributed by atoms with Crippen LogP contribution in [0.5, 0.6) is 0 Å². The monoisotopic (exact) mass is 465 g/mol.